The largest absolute Gasteiger partial charge is 0.390 e. The normalized spacial score (nSPS) is 32.9. The minimum Gasteiger partial charge on any atom is -0.390 e. The zero-order valence-electron chi connectivity index (χ0n) is 42.7. The highest BCUT2D eigenvalue weighted by Crippen LogP contribution is 2.38. The number of hydrogen-bond acceptors (Lipinski definition) is 15. The van der Waals surface area contributed by atoms with Gasteiger partial charge in [0, 0.05) is 58.8 Å². The summed E-state index contributed by atoms with van der Waals surface area (Å²) < 4.78 is 79.8. The van der Waals surface area contributed by atoms with Crippen LogP contribution in [0, 0.1) is 5.92 Å². The molecule has 2 aliphatic heterocycles. The highest BCUT2D eigenvalue weighted by Gasteiger charge is 2.56. The Morgan fingerprint density at radius 2 is 0.758 bits per heavy atom. The van der Waals surface area contributed by atoms with Crippen LogP contribution in [0.5, 0.6) is 0 Å². The van der Waals surface area contributed by atoms with Crippen LogP contribution < -0.4 is 0 Å². The van der Waals surface area contributed by atoms with Gasteiger partial charge in [0.05, 0.1) is 32.0 Å². The van der Waals surface area contributed by atoms with Crippen molar-refractivity contribution in [3.63, 3.8) is 0 Å². The second kappa shape index (κ2) is 36.3. The monoisotopic (exact) mass is 951 g/mol. The van der Waals surface area contributed by atoms with E-state index in [2.05, 4.69) is 55.4 Å². The third-order valence-electron chi connectivity index (χ3n) is 12.8. The van der Waals surface area contributed by atoms with Crippen LogP contribution >= 0.6 is 0 Å². The highest BCUT2D eigenvalue weighted by molar-refractivity contribution is 5.00. The molecule has 0 aromatic heterocycles. The van der Waals surface area contributed by atoms with E-state index in [4.69, 9.17) is 56.8 Å². The molecular formula is C51H98O15. The van der Waals surface area contributed by atoms with Gasteiger partial charge in [-0.15, -0.1) is 0 Å². The Morgan fingerprint density at radius 1 is 0.379 bits per heavy atom. The van der Waals surface area contributed by atoms with E-state index in [1.165, 1.54) is 0 Å². The second-order valence-electron chi connectivity index (χ2n) is 18.6. The fourth-order valence-electron chi connectivity index (χ4n) is 8.53. The number of unbranched alkanes of at least 4 members (excludes halogenated alkanes) is 8. The molecule has 0 aromatic rings. The first-order valence-electron chi connectivity index (χ1n) is 26.7. The first-order valence-corrected chi connectivity index (χ1v) is 26.7. The molecule has 0 aromatic carbocycles. The lowest BCUT2D eigenvalue weighted by atomic mass is 9.80. The molecule has 1 aliphatic carbocycles. The minimum absolute atomic E-state index is 0.162. The molecule has 1 saturated carbocycles. The van der Waals surface area contributed by atoms with Gasteiger partial charge >= 0.3 is 0 Å². The van der Waals surface area contributed by atoms with E-state index in [9.17, 15) is 15.3 Å². The Labute approximate surface area is 400 Å². The maximum Gasteiger partial charge on any atom is 0.187 e. The van der Waals surface area contributed by atoms with Crippen LogP contribution in [-0.2, 0) is 56.8 Å². The standard InChI is InChI=1S/C51H98O15/c1-9-17-25-55-34-37-33-38(43(42(53)41(37)52)58-28-20-12-4)63-44-40(36-57-27-19-11-3)65-51(49(62-32-24-16-8)47(44)60-30-22-14-6)66-45-39(35-56-26-18-10-2)64-50(54)48(61-31-23-15-7)46(45)59-29-21-13-5/h37-54H,9-36H2,1-8H3/t37?,38-,39-,40?,41-,42-,43?,44-,45+,46?,47?,48?,49-,50+,51-/m0/s1. The summed E-state index contributed by atoms with van der Waals surface area (Å²) in [5.74, 6) is -0.390. The number of ether oxygens (including phenoxy) is 12. The van der Waals surface area contributed by atoms with Crippen molar-refractivity contribution in [2.24, 2.45) is 5.92 Å². The van der Waals surface area contributed by atoms with Crippen molar-refractivity contribution in [3.05, 3.63) is 0 Å². The smallest absolute Gasteiger partial charge is 0.187 e. The predicted octanol–water partition coefficient (Wildman–Crippen LogP) is 7.69. The van der Waals surface area contributed by atoms with E-state index in [0.29, 0.717) is 59.3 Å². The summed E-state index contributed by atoms with van der Waals surface area (Å²) in [6.07, 6.45) is 2.55. The molecule has 0 spiro atoms. The maximum absolute atomic E-state index is 11.8. The molecule has 0 bridgehead atoms. The average molecular weight is 951 g/mol. The van der Waals surface area contributed by atoms with Crippen molar-refractivity contribution >= 4 is 0 Å². The molecule has 15 heteroatoms. The topological polar surface area (TPSA) is 171 Å². The molecule has 6 unspecified atom stereocenters. The van der Waals surface area contributed by atoms with E-state index < -0.39 is 85.8 Å². The van der Waals surface area contributed by atoms with Gasteiger partial charge in [-0.2, -0.15) is 0 Å². The SMILES string of the molecule is CCCCOCC1O[C@@H](O[C@H]2C(OCCCC)C(OCCCC)[C@H](O)O[C@H]2COCCCC)[C@@H](OCCCC)C(OCCCC)[C@H]1O[C@H]1CC(COCCCC)[C@H](O)[C@H](O)C1OCCCC. The fourth-order valence-corrected chi connectivity index (χ4v) is 8.53. The summed E-state index contributed by atoms with van der Waals surface area (Å²) in [5.41, 5.74) is 0. The van der Waals surface area contributed by atoms with Crippen LogP contribution in [-0.4, -0.2) is 174 Å². The van der Waals surface area contributed by atoms with Gasteiger partial charge in [-0.1, -0.05) is 107 Å². The van der Waals surface area contributed by atoms with Crippen molar-refractivity contribution in [2.75, 3.05) is 72.7 Å². The van der Waals surface area contributed by atoms with Crippen molar-refractivity contribution < 1.29 is 72.2 Å². The van der Waals surface area contributed by atoms with Gasteiger partial charge in [0.2, 0.25) is 0 Å². The number of hydrogen-bond donors (Lipinski definition) is 3. The molecule has 3 aliphatic rings. The third kappa shape index (κ3) is 20.3. The summed E-state index contributed by atoms with van der Waals surface area (Å²) in [6, 6.07) is 0. The summed E-state index contributed by atoms with van der Waals surface area (Å²) in [7, 11) is 0. The van der Waals surface area contributed by atoms with Crippen molar-refractivity contribution in [3.8, 4) is 0 Å². The lowest BCUT2D eigenvalue weighted by Gasteiger charge is -2.51. The molecular weight excluding hydrogens is 853 g/mol. The second-order valence-corrected chi connectivity index (χ2v) is 18.6. The Hall–Kier alpha value is -0.600. The van der Waals surface area contributed by atoms with Crippen LogP contribution in [0.25, 0.3) is 0 Å². The molecule has 3 N–H and O–H groups in total. The number of aliphatic hydroxyl groups is 3. The molecule has 392 valence electrons. The first-order chi connectivity index (χ1) is 32.2. The van der Waals surface area contributed by atoms with Crippen molar-refractivity contribution in [1.29, 1.82) is 0 Å². The van der Waals surface area contributed by atoms with Gasteiger partial charge in [-0.25, -0.2) is 0 Å². The van der Waals surface area contributed by atoms with Gasteiger partial charge in [-0.05, 0) is 57.8 Å². The summed E-state index contributed by atoms with van der Waals surface area (Å²) in [5, 5.41) is 34.8. The van der Waals surface area contributed by atoms with E-state index in [1.54, 1.807) is 0 Å². The number of rotatable bonds is 39. The molecule has 15 nitrogen and oxygen atoms in total. The van der Waals surface area contributed by atoms with Crippen LogP contribution in [0.15, 0.2) is 0 Å². The minimum atomic E-state index is -1.27. The molecule has 15 atom stereocenters. The van der Waals surface area contributed by atoms with Gasteiger partial charge in [0.15, 0.2) is 12.6 Å². The summed E-state index contributed by atoms with van der Waals surface area (Å²) in [4.78, 5) is 0. The van der Waals surface area contributed by atoms with E-state index in [-0.39, 0.29) is 25.7 Å². The summed E-state index contributed by atoms with van der Waals surface area (Å²) >= 11 is 0. The fraction of sp³-hybridized carbons (Fsp3) is 1.00. The highest BCUT2D eigenvalue weighted by atomic mass is 16.8. The van der Waals surface area contributed by atoms with Crippen molar-refractivity contribution in [1.82, 2.24) is 0 Å². The molecule has 2 saturated heterocycles. The van der Waals surface area contributed by atoms with Crippen molar-refractivity contribution in [2.45, 2.75) is 250 Å². The lowest BCUT2D eigenvalue weighted by Crippen LogP contribution is -2.67. The van der Waals surface area contributed by atoms with Crippen LogP contribution in [0.2, 0.25) is 0 Å². The van der Waals surface area contributed by atoms with E-state index in [1.807, 2.05) is 0 Å². The molecule has 3 rings (SSSR count). The molecule has 0 radical (unpaired) electrons. The molecule has 66 heavy (non-hydrogen) atoms. The van der Waals surface area contributed by atoms with Crippen LogP contribution in [0.3, 0.4) is 0 Å². The van der Waals surface area contributed by atoms with Crippen LogP contribution in [0.4, 0.5) is 0 Å². The van der Waals surface area contributed by atoms with Gasteiger partial charge in [0.25, 0.3) is 0 Å². The zero-order chi connectivity index (χ0) is 47.9. The van der Waals surface area contributed by atoms with Gasteiger partial charge in [-0.3, -0.25) is 0 Å². The van der Waals surface area contributed by atoms with Crippen LogP contribution in [0.1, 0.15) is 165 Å². The predicted molar refractivity (Wildman–Crippen MR) is 254 cm³/mol. The Balaban J connectivity index is 2.16. The Morgan fingerprint density at radius 3 is 1.24 bits per heavy atom. The van der Waals surface area contributed by atoms with E-state index >= 15 is 0 Å². The van der Waals surface area contributed by atoms with Gasteiger partial charge < -0.3 is 72.2 Å². The average Bonchev–Trinajstić information content (AvgIpc) is 3.31. The third-order valence-corrected chi connectivity index (χ3v) is 12.8. The molecule has 0 amide bonds. The Kier molecular flexibility index (Phi) is 32.9. The summed E-state index contributed by atoms with van der Waals surface area (Å²) in [6.45, 7) is 21.3. The lowest BCUT2D eigenvalue weighted by molar-refractivity contribution is -0.375. The molecule has 3 fully saturated rings. The quantitative estimate of drug-likeness (QED) is 0.0512. The zero-order valence-corrected chi connectivity index (χ0v) is 42.7. The molecule has 2 heterocycles. The van der Waals surface area contributed by atoms with E-state index in [0.717, 1.165) is 103 Å². The maximum atomic E-state index is 11.8. The first kappa shape index (κ1) is 59.7. The number of aliphatic hydroxyl groups excluding tert-OH is 3. The Bertz CT molecular complexity index is 1140. The van der Waals surface area contributed by atoms with Gasteiger partial charge in [0.1, 0.15) is 61.0 Å².